The molecule has 0 spiro atoms. The highest BCUT2D eigenvalue weighted by atomic mass is 16.1. The number of aromatic nitrogens is 4. The Kier molecular flexibility index (Phi) is 4.91. The van der Waals surface area contributed by atoms with E-state index >= 15 is 0 Å². The summed E-state index contributed by atoms with van der Waals surface area (Å²) >= 11 is 0. The lowest BCUT2D eigenvalue weighted by Gasteiger charge is -2.32. The summed E-state index contributed by atoms with van der Waals surface area (Å²) in [5, 5.41) is 5.36. The van der Waals surface area contributed by atoms with Crippen LogP contribution in [0.1, 0.15) is 37.7 Å². The van der Waals surface area contributed by atoms with Gasteiger partial charge in [-0.25, -0.2) is 4.98 Å². The molecule has 4 heterocycles. The molecule has 1 fully saturated rings. The Morgan fingerprint density at radius 2 is 1.97 bits per heavy atom. The summed E-state index contributed by atoms with van der Waals surface area (Å²) < 4.78 is 3.58. The van der Waals surface area contributed by atoms with Crippen molar-refractivity contribution in [2.24, 2.45) is 7.05 Å². The predicted octanol–water partition coefficient (Wildman–Crippen LogP) is 4.52. The molecule has 0 unspecified atom stereocenters. The van der Waals surface area contributed by atoms with Crippen LogP contribution in [0.5, 0.6) is 0 Å². The van der Waals surface area contributed by atoms with Gasteiger partial charge in [0.25, 0.3) is 5.56 Å². The minimum atomic E-state index is -0.0300. The maximum atomic E-state index is 13.1. The molecule has 1 aromatic carbocycles. The van der Waals surface area contributed by atoms with Crippen LogP contribution in [0.25, 0.3) is 27.8 Å². The molecular weight excluding hydrogens is 410 g/mol. The van der Waals surface area contributed by atoms with E-state index in [4.69, 9.17) is 4.98 Å². The van der Waals surface area contributed by atoms with E-state index in [-0.39, 0.29) is 6.99 Å². The fourth-order valence-corrected chi connectivity index (χ4v) is 5.09. The van der Waals surface area contributed by atoms with Crippen LogP contribution >= 0.6 is 0 Å². The summed E-state index contributed by atoms with van der Waals surface area (Å²) in [7, 11) is 1.93. The van der Waals surface area contributed by atoms with Crippen molar-refractivity contribution >= 4 is 16.6 Å². The second-order valence-corrected chi connectivity index (χ2v) is 9.45. The van der Waals surface area contributed by atoms with Crippen LogP contribution in [-0.2, 0) is 7.05 Å². The fraction of sp³-hybridized carbons (Fsp3) is 0.333. The molecule has 1 saturated heterocycles. The van der Waals surface area contributed by atoms with E-state index in [0.29, 0.717) is 11.6 Å². The first-order valence-corrected chi connectivity index (χ1v) is 11.8. The Bertz CT molecular complexity index is 1460. The van der Waals surface area contributed by atoms with Gasteiger partial charge in [0.2, 0.25) is 0 Å². The summed E-state index contributed by atoms with van der Waals surface area (Å²) in [6, 6.07) is 9.98. The number of rotatable bonds is 5. The van der Waals surface area contributed by atoms with E-state index in [1.54, 1.807) is 10.5 Å². The van der Waals surface area contributed by atoms with Crippen molar-refractivity contribution in [3.8, 4) is 11.3 Å². The van der Waals surface area contributed by atoms with Crippen LogP contribution in [-0.4, -0.2) is 43.7 Å². The Hall–Kier alpha value is -3.25. The third-order valence-corrected chi connectivity index (χ3v) is 7.19. The zero-order valence-electron chi connectivity index (χ0n) is 19.2. The van der Waals surface area contributed by atoms with Crippen molar-refractivity contribution in [2.45, 2.75) is 32.1 Å². The number of pyridine rings is 1. The second kappa shape index (κ2) is 7.96. The number of piperidine rings is 1. The first-order valence-electron chi connectivity index (χ1n) is 11.8. The minimum Gasteiger partial charge on any atom is -0.303 e. The molecule has 6 heteroatoms. The Balaban J connectivity index is 0.00000241. The number of nitrogens with zero attached hydrogens (tertiary/aromatic N) is 5. The highest BCUT2D eigenvalue weighted by Crippen LogP contribution is 2.30. The van der Waals surface area contributed by atoms with Gasteiger partial charge in [-0.15, -0.1) is 0 Å². The fourth-order valence-electron chi connectivity index (χ4n) is 5.09. The Morgan fingerprint density at radius 3 is 2.76 bits per heavy atom. The predicted molar refractivity (Wildman–Crippen MR) is 133 cm³/mol. The lowest BCUT2D eigenvalue weighted by molar-refractivity contribution is 0.215. The van der Waals surface area contributed by atoms with Crippen LogP contribution < -0.4 is 5.56 Å². The molecule has 2 aliphatic rings. The number of allylic oxidation sites excluding steroid dienone is 1. The zero-order chi connectivity index (χ0) is 22.5. The quantitative estimate of drug-likeness (QED) is 0.458. The molecule has 1 radical (unpaired) electrons. The van der Waals surface area contributed by atoms with Gasteiger partial charge in [-0.1, -0.05) is 23.8 Å². The molecule has 169 valence electrons. The molecule has 0 atom stereocenters. The molecule has 6 rings (SSSR count). The SMILES string of the molecule is Cc1cc(C2CCN(CCC3=C[CH]3)CC2)cn2c(=O)cc(-c3ccc4c(cnn4C)c3)nc12.[HH]. The topological polar surface area (TPSA) is 55.4 Å². The summed E-state index contributed by atoms with van der Waals surface area (Å²) in [6.45, 7) is 5.47. The van der Waals surface area contributed by atoms with E-state index in [0.717, 1.165) is 60.2 Å². The van der Waals surface area contributed by atoms with Crippen molar-refractivity contribution in [1.29, 1.82) is 0 Å². The summed E-state index contributed by atoms with van der Waals surface area (Å²) in [4.78, 5) is 20.6. The summed E-state index contributed by atoms with van der Waals surface area (Å²) in [5.41, 5.74) is 7.21. The van der Waals surface area contributed by atoms with Gasteiger partial charge in [-0.05, 0) is 68.5 Å². The van der Waals surface area contributed by atoms with E-state index in [1.807, 2.05) is 36.3 Å². The molecule has 0 N–H and O–H groups in total. The molecule has 0 saturated carbocycles. The van der Waals surface area contributed by atoms with Gasteiger partial charge in [0, 0.05) is 44.7 Å². The molecular formula is C27H30N5O. The zero-order valence-corrected chi connectivity index (χ0v) is 19.2. The van der Waals surface area contributed by atoms with Gasteiger partial charge >= 0.3 is 0 Å². The van der Waals surface area contributed by atoms with Crippen molar-refractivity contribution in [3.05, 3.63) is 82.3 Å². The van der Waals surface area contributed by atoms with Gasteiger partial charge < -0.3 is 4.90 Å². The average molecular weight is 441 g/mol. The third-order valence-electron chi connectivity index (χ3n) is 7.19. The van der Waals surface area contributed by atoms with E-state index in [1.165, 1.54) is 17.6 Å². The van der Waals surface area contributed by atoms with Crippen molar-refractivity contribution < 1.29 is 1.43 Å². The molecule has 1 aliphatic carbocycles. The minimum absolute atomic E-state index is 0. The van der Waals surface area contributed by atoms with Crippen LogP contribution in [0.4, 0.5) is 0 Å². The molecule has 0 amide bonds. The molecule has 33 heavy (non-hydrogen) atoms. The average Bonchev–Trinajstić information content (AvgIpc) is 3.59. The van der Waals surface area contributed by atoms with Crippen LogP contribution in [0.2, 0.25) is 0 Å². The van der Waals surface area contributed by atoms with Crippen molar-refractivity contribution in [3.63, 3.8) is 0 Å². The molecule has 4 aromatic rings. The molecule has 3 aromatic heterocycles. The van der Waals surface area contributed by atoms with Gasteiger partial charge in [-0.3, -0.25) is 13.9 Å². The maximum Gasteiger partial charge on any atom is 0.258 e. The number of hydrogen-bond donors (Lipinski definition) is 0. The summed E-state index contributed by atoms with van der Waals surface area (Å²) in [6.07, 6.45) is 11.7. The molecule has 0 bridgehead atoms. The third kappa shape index (κ3) is 3.89. The highest BCUT2D eigenvalue weighted by Gasteiger charge is 2.22. The van der Waals surface area contributed by atoms with E-state index in [9.17, 15) is 4.79 Å². The smallest absolute Gasteiger partial charge is 0.258 e. The van der Waals surface area contributed by atoms with Gasteiger partial charge in [0.05, 0.1) is 17.4 Å². The van der Waals surface area contributed by atoms with Crippen LogP contribution in [0, 0.1) is 13.3 Å². The Morgan fingerprint density at radius 1 is 1.15 bits per heavy atom. The molecule has 6 nitrogen and oxygen atoms in total. The maximum absolute atomic E-state index is 13.1. The standard InChI is InChI=1S/C27H28N5O.H2/c1-18-13-23(20-8-11-31(12-9-20)10-7-19-3-4-19)17-32-26(33)15-24(29-27(18)32)21-5-6-25-22(14-21)16-28-30(25)2;/h3-6,13-17,20H,7-12H2,1-2H3;1H. The van der Waals surface area contributed by atoms with Gasteiger partial charge in [0.15, 0.2) is 0 Å². The first-order chi connectivity index (χ1) is 16.0. The molecule has 1 aliphatic heterocycles. The summed E-state index contributed by atoms with van der Waals surface area (Å²) in [5.74, 6) is 0.496. The van der Waals surface area contributed by atoms with Gasteiger partial charge in [-0.2, -0.15) is 5.10 Å². The second-order valence-electron chi connectivity index (χ2n) is 9.45. The highest BCUT2D eigenvalue weighted by molar-refractivity contribution is 5.84. The van der Waals surface area contributed by atoms with Crippen LogP contribution in [0.15, 0.2) is 59.2 Å². The van der Waals surface area contributed by atoms with E-state index < -0.39 is 0 Å². The van der Waals surface area contributed by atoms with E-state index in [2.05, 4.69) is 41.6 Å². The first kappa shape index (κ1) is 20.4. The number of likely N-dealkylation sites (tertiary alicyclic amines) is 1. The number of fused-ring (bicyclic) bond motifs is 2. The number of benzene rings is 1. The van der Waals surface area contributed by atoms with Crippen molar-refractivity contribution in [1.82, 2.24) is 24.1 Å². The van der Waals surface area contributed by atoms with Crippen LogP contribution in [0.3, 0.4) is 0 Å². The number of aryl methyl sites for hydroxylation is 2. The number of hydrogen-bond acceptors (Lipinski definition) is 4. The lowest BCUT2D eigenvalue weighted by atomic mass is 9.89. The Labute approximate surface area is 194 Å². The van der Waals surface area contributed by atoms with Gasteiger partial charge in [0.1, 0.15) is 5.65 Å². The van der Waals surface area contributed by atoms with Crippen molar-refractivity contribution in [2.75, 3.05) is 19.6 Å². The monoisotopic (exact) mass is 440 g/mol. The lowest BCUT2D eigenvalue weighted by Crippen LogP contribution is -2.33. The largest absolute Gasteiger partial charge is 0.303 e. The normalized spacial score (nSPS) is 17.1.